The second kappa shape index (κ2) is 7.36. The summed E-state index contributed by atoms with van der Waals surface area (Å²) in [6.07, 6.45) is 5.90. The van der Waals surface area contributed by atoms with Crippen molar-refractivity contribution in [2.75, 3.05) is 18.0 Å². The van der Waals surface area contributed by atoms with Gasteiger partial charge in [-0.1, -0.05) is 23.5 Å². The number of para-hydroxylation sites is 2. The third-order valence-electron chi connectivity index (χ3n) is 5.22. The highest BCUT2D eigenvalue weighted by Gasteiger charge is 2.29. The van der Waals surface area contributed by atoms with Crippen LogP contribution in [0, 0.1) is 6.92 Å². The van der Waals surface area contributed by atoms with Gasteiger partial charge >= 0.3 is 0 Å². The number of hydrogen-bond donors (Lipinski definition) is 1. The van der Waals surface area contributed by atoms with Crippen LogP contribution in [0.3, 0.4) is 0 Å². The van der Waals surface area contributed by atoms with Gasteiger partial charge in [-0.15, -0.1) is 0 Å². The first-order valence-electron chi connectivity index (χ1n) is 9.70. The maximum absolute atomic E-state index is 12.8. The molecule has 8 heteroatoms. The summed E-state index contributed by atoms with van der Waals surface area (Å²) < 4.78 is 7.85. The summed E-state index contributed by atoms with van der Waals surface area (Å²) in [4.78, 5) is 24.7. The molecule has 0 radical (unpaired) electrons. The second-order valence-corrected chi connectivity index (χ2v) is 8.14. The van der Waals surface area contributed by atoms with Gasteiger partial charge in [0.2, 0.25) is 0 Å². The van der Waals surface area contributed by atoms with Crippen LogP contribution >= 0.6 is 11.3 Å². The van der Waals surface area contributed by atoms with Gasteiger partial charge in [0, 0.05) is 25.5 Å². The number of benzene rings is 1. The third-order valence-corrected chi connectivity index (χ3v) is 6.39. The molecule has 1 fully saturated rings. The fourth-order valence-electron chi connectivity index (χ4n) is 3.74. The molecule has 29 heavy (non-hydrogen) atoms. The number of fused-ring (bicyclic) bond motifs is 1. The minimum absolute atomic E-state index is 0.0807. The predicted molar refractivity (Wildman–Crippen MR) is 113 cm³/mol. The molecule has 1 aliphatic heterocycles. The van der Waals surface area contributed by atoms with E-state index in [2.05, 4.69) is 20.2 Å². The van der Waals surface area contributed by atoms with Crippen LogP contribution in [0.4, 0.5) is 6.01 Å². The zero-order valence-electron chi connectivity index (χ0n) is 16.0. The van der Waals surface area contributed by atoms with Crippen molar-refractivity contribution in [3.05, 3.63) is 59.4 Å². The lowest BCUT2D eigenvalue weighted by molar-refractivity contribution is 0.0954. The number of oxazole rings is 1. The number of aryl methyl sites for hydroxylation is 1. The van der Waals surface area contributed by atoms with Gasteiger partial charge in [-0.25, -0.2) is 4.98 Å². The van der Waals surface area contributed by atoms with Crippen LogP contribution in [0.15, 0.2) is 53.2 Å². The fourth-order valence-corrected chi connectivity index (χ4v) is 4.69. The number of nitrogens with zero attached hydrogens (tertiary/aromatic N) is 4. The quantitative estimate of drug-likeness (QED) is 0.545. The molecule has 148 valence electrons. The monoisotopic (exact) mass is 407 g/mol. The highest BCUT2D eigenvalue weighted by atomic mass is 32.1. The average molecular weight is 407 g/mol. The zero-order chi connectivity index (χ0) is 19.8. The molecule has 1 amide bonds. The normalized spacial score (nSPS) is 16.6. The van der Waals surface area contributed by atoms with E-state index in [1.165, 1.54) is 11.3 Å². The smallest absolute Gasteiger partial charge is 0.298 e. The van der Waals surface area contributed by atoms with Crippen LogP contribution in [0.1, 0.15) is 28.2 Å². The Morgan fingerprint density at radius 1 is 1.24 bits per heavy atom. The van der Waals surface area contributed by atoms with Crippen molar-refractivity contribution in [3.63, 3.8) is 0 Å². The minimum atomic E-state index is -0.0807. The van der Waals surface area contributed by atoms with Gasteiger partial charge < -0.3 is 19.2 Å². The molecule has 4 aromatic rings. The van der Waals surface area contributed by atoms with Gasteiger partial charge in [0.05, 0.1) is 11.7 Å². The van der Waals surface area contributed by atoms with Crippen LogP contribution in [0.25, 0.3) is 16.2 Å². The van der Waals surface area contributed by atoms with Crippen molar-refractivity contribution in [3.8, 4) is 5.13 Å². The number of carbonyl (C=O) groups is 1. The Balaban J connectivity index is 1.28. The SMILES string of the molecule is Cc1nc(-n2cccc2)sc1C(=O)NCC1CCCN1c1nc2ccccc2o1. The second-order valence-electron chi connectivity index (χ2n) is 7.16. The maximum atomic E-state index is 12.8. The van der Waals surface area contributed by atoms with Crippen molar-refractivity contribution in [2.45, 2.75) is 25.8 Å². The first-order valence-corrected chi connectivity index (χ1v) is 10.5. The van der Waals surface area contributed by atoms with E-state index in [1.807, 2.05) is 60.3 Å². The van der Waals surface area contributed by atoms with Crippen molar-refractivity contribution in [2.24, 2.45) is 0 Å². The van der Waals surface area contributed by atoms with E-state index >= 15 is 0 Å². The number of hydrogen-bond acceptors (Lipinski definition) is 6. The van der Waals surface area contributed by atoms with Crippen molar-refractivity contribution >= 4 is 34.4 Å². The third kappa shape index (κ3) is 3.40. The summed E-state index contributed by atoms with van der Waals surface area (Å²) in [7, 11) is 0. The summed E-state index contributed by atoms with van der Waals surface area (Å²) in [5.74, 6) is -0.0807. The standard InChI is InChI=1S/C21H21N5O2S/c1-14-18(29-21(23-14)25-10-4-5-11-25)19(27)22-13-15-7-6-12-26(15)20-24-16-8-2-3-9-17(16)28-20/h2-5,8-11,15H,6-7,12-13H2,1H3,(H,22,27). The number of anilines is 1. The highest BCUT2D eigenvalue weighted by Crippen LogP contribution is 2.28. The van der Waals surface area contributed by atoms with Gasteiger partial charge in [0.25, 0.3) is 11.9 Å². The van der Waals surface area contributed by atoms with E-state index in [-0.39, 0.29) is 11.9 Å². The summed E-state index contributed by atoms with van der Waals surface area (Å²) in [6, 6.07) is 12.5. The first kappa shape index (κ1) is 17.9. The van der Waals surface area contributed by atoms with Crippen LogP contribution in [-0.2, 0) is 0 Å². The van der Waals surface area contributed by atoms with Crippen molar-refractivity contribution in [1.29, 1.82) is 0 Å². The number of aromatic nitrogens is 3. The van der Waals surface area contributed by atoms with Gasteiger partial charge in [0.15, 0.2) is 10.7 Å². The summed E-state index contributed by atoms with van der Waals surface area (Å²) in [5, 5.41) is 3.88. The van der Waals surface area contributed by atoms with E-state index in [4.69, 9.17) is 4.42 Å². The summed E-state index contributed by atoms with van der Waals surface area (Å²) >= 11 is 1.40. The van der Waals surface area contributed by atoms with Crippen LogP contribution in [-0.4, -0.2) is 39.6 Å². The molecule has 1 unspecified atom stereocenters. The van der Waals surface area contributed by atoms with Crippen LogP contribution < -0.4 is 10.2 Å². The zero-order valence-corrected chi connectivity index (χ0v) is 16.9. The Bertz CT molecular complexity index is 1110. The Kier molecular flexibility index (Phi) is 4.55. The molecule has 1 aliphatic rings. The highest BCUT2D eigenvalue weighted by molar-refractivity contribution is 7.16. The van der Waals surface area contributed by atoms with E-state index < -0.39 is 0 Å². The van der Waals surface area contributed by atoms with E-state index in [0.29, 0.717) is 17.4 Å². The Morgan fingerprint density at radius 3 is 2.90 bits per heavy atom. The molecule has 4 heterocycles. The number of nitrogens with one attached hydrogen (secondary N) is 1. The molecule has 1 atom stereocenters. The van der Waals surface area contributed by atoms with Gasteiger partial charge in [0.1, 0.15) is 10.4 Å². The topological polar surface area (TPSA) is 76.2 Å². The fraction of sp³-hybridized carbons (Fsp3) is 0.286. The molecule has 0 bridgehead atoms. The van der Waals surface area contributed by atoms with E-state index in [1.54, 1.807) is 0 Å². The molecule has 0 aliphatic carbocycles. The lowest BCUT2D eigenvalue weighted by Gasteiger charge is -2.22. The van der Waals surface area contributed by atoms with Gasteiger partial charge in [-0.05, 0) is 44.0 Å². The number of amides is 1. The summed E-state index contributed by atoms with van der Waals surface area (Å²) in [5.41, 5.74) is 2.39. The number of rotatable bonds is 5. The average Bonchev–Trinajstić information content (AvgIpc) is 3.51. The molecule has 0 spiro atoms. The van der Waals surface area contributed by atoms with Crippen LogP contribution in [0.2, 0.25) is 0 Å². The van der Waals surface area contributed by atoms with Crippen molar-refractivity contribution < 1.29 is 9.21 Å². The van der Waals surface area contributed by atoms with Gasteiger partial charge in [-0.2, -0.15) is 4.98 Å². The molecule has 1 saturated heterocycles. The lowest BCUT2D eigenvalue weighted by atomic mass is 10.2. The Morgan fingerprint density at radius 2 is 2.07 bits per heavy atom. The Labute approximate surface area is 172 Å². The molecule has 1 N–H and O–H groups in total. The number of thiazole rings is 1. The molecule has 0 saturated carbocycles. The lowest BCUT2D eigenvalue weighted by Crippen LogP contribution is -2.40. The molecule has 3 aromatic heterocycles. The Hall–Kier alpha value is -3.13. The first-order chi connectivity index (χ1) is 14.2. The molecular formula is C21H21N5O2S. The van der Waals surface area contributed by atoms with E-state index in [9.17, 15) is 4.79 Å². The minimum Gasteiger partial charge on any atom is -0.423 e. The number of carbonyl (C=O) groups excluding carboxylic acids is 1. The molecular weight excluding hydrogens is 386 g/mol. The maximum Gasteiger partial charge on any atom is 0.298 e. The molecule has 7 nitrogen and oxygen atoms in total. The van der Waals surface area contributed by atoms with Crippen molar-refractivity contribution in [1.82, 2.24) is 19.9 Å². The van der Waals surface area contributed by atoms with E-state index in [0.717, 1.165) is 41.3 Å². The molecule has 1 aromatic carbocycles. The molecule has 5 rings (SSSR count). The van der Waals surface area contributed by atoms with Gasteiger partial charge in [-0.3, -0.25) is 4.79 Å². The summed E-state index contributed by atoms with van der Waals surface area (Å²) in [6.45, 7) is 3.30. The largest absolute Gasteiger partial charge is 0.423 e. The van der Waals surface area contributed by atoms with Crippen LogP contribution in [0.5, 0.6) is 0 Å². The predicted octanol–water partition coefficient (Wildman–Crippen LogP) is 3.78.